The highest BCUT2D eigenvalue weighted by atomic mass is 32.2. The van der Waals surface area contributed by atoms with Gasteiger partial charge in [0.1, 0.15) is 6.07 Å². The fourth-order valence-electron chi connectivity index (χ4n) is 2.89. The maximum atomic E-state index is 12.8. The fraction of sp³-hybridized carbons (Fsp3) is 0.533. The minimum Gasteiger partial charge on any atom is -0.207 e. The summed E-state index contributed by atoms with van der Waals surface area (Å²) >= 11 is 0. The zero-order valence-electron chi connectivity index (χ0n) is 12.1. The number of benzene rings is 1. The molecule has 0 aliphatic carbocycles. The van der Waals surface area contributed by atoms with Crippen LogP contribution in [-0.4, -0.2) is 25.3 Å². The van der Waals surface area contributed by atoms with Crippen molar-refractivity contribution in [1.82, 2.24) is 4.31 Å². The molecule has 1 aliphatic rings. The summed E-state index contributed by atoms with van der Waals surface area (Å²) in [4.78, 5) is 0.121. The average molecular weight is 292 g/mol. The van der Waals surface area contributed by atoms with Gasteiger partial charge in [0.25, 0.3) is 0 Å². The van der Waals surface area contributed by atoms with Gasteiger partial charge in [0, 0.05) is 12.6 Å². The molecule has 4 nitrogen and oxygen atoms in total. The van der Waals surface area contributed by atoms with E-state index in [0.29, 0.717) is 18.4 Å². The average Bonchev–Trinajstić information content (AvgIpc) is 2.42. The van der Waals surface area contributed by atoms with Crippen LogP contribution in [0.1, 0.15) is 32.8 Å². The van der Waals surface area contributed by atoms with Gasteiger partial charge in [0.2, 0.25) is 10.0 Å². The lowest BCUT2D eigenvalue weighted by Gasteiger charge is -2.40. The van der Waals surface area contributed by atoms with Crippen LogP contribution >= 0.6 is 0 Å². The molecule has 1 fully saturated rings. The molecule has 0 amide bonds. The maximum Gasteiger partial charge on any atom is 0.244 e. The van der Waals surface area contributed by atoms with E-state index in [9.17, 15) is 8.42 Å². The van der Waals surface area contributed by atoms with E-state index in [0.717, 1.165) is 6.42 Å². The van der Waals surface area contributed by atoms with E-state index in [1.54, 1.807) is 22.5 Å². The van der Waals surface area contributed by atoms with Gasteiger partial charge in [-0.2, -0.15) is 9.57 Å². The molecule has 3 atom stereocenters. The largest absolute Gasteiger partial charge is 0.244 e. The van der Waals surface area contributed by atoms with Gasteiger partial charge >= 0.3 is 0 Å². The summed E-state index contributed by atoms with van der Waals surface area (Å²) in [7, 11) is -3.61. The lowest BCUT2D eigenvalue weighted by Crippen LogP contribution is -2.48. The van der Waals surface area contributed by atoms with E-state index in [2.05, 4.69) is 13.8 Å². The number of hydrogen-bond donors (Lipinski definition) is 0. The van der Waals surface area contributed by atoms with Gasteiger partial charge in [-0.25, -0.2) is 8.42 Å². The number of nitriles is 1. The Morgan fingerprint density at radius 1 is 1.25 bits per heavy atom. The van der Waals surface area contributed by atoms with E-state index in [4.69, 9.17) is 5.26 Å². The van der Waals surface area contributed by atoms with Gasteiger partial charge in [-0.05, 0) is 37.3 Å². The van der Waals surface area contributed by atoms with Crippen LogP contribution in [-0.2, 0) is 10.0 Å². The summed E-state index contributed by atoms with van der Waals surface area (Å²) in [6, 6.07) is 8.35. The Morgan fingerprint density at radius 3 is 2.55 bits per heavy atom. The molecule has 1 heterocycles. The second-order valence-corrected chi connectivity index (χ2v) is 7.60. The first-order valence-corrected chi connectivity index (χ1v) is 8.33. The van der Waals surface area contributed by atoms with Crippen LogP contribution in [0.25, 0.3) is 0 Å². The second-order valence-electron chi connectivity index (χ2n) is 5.74. The Balaban J connectivity index is 2.47. The highest BCUT2D eigenvalue weighted by molar-refractivity contribution is 7.89. The smallest absolute Gasteiger partial charge is 0.207 e. The number of nitrogens with zero attached hydrogens (tertiary/aromatic N) is 2. The molecule has 1 aromatic carbocycles. The van der Waals surface area contributed by atoms with Crippen LogP contribution in [0.5, 0.6) is 0 Å². The number of rotatable bonds is 2. The van der Waals surface area contributed by atoms with E-state index in [1.807, 2.05) is 13.0 Å². The molecule has 0 spiro atoms. The standard InChI is InChI=1S/C15H20N2O2S/c1-11-8-12(2)13(3)17(10-11)20(18,19)15-7-5-4-6-14(15)9-16/h4-7,11-13H,8,10H2,1-3H3. The first-order valence-electron chi connectivity index (χ1n) is 6.89. The Morgan fingerprint density at radius 2 is 1.90 bits per heavy atom. The van der Waals surface area contributed by atoms with Crippen molar-refractivity contribution in [3.8, 4) is 6.07 Å². The predicted octanol–water partition coefficient (Wildman–Crippen LogP) is 2.61. The summed E-state index contributed by atoms with van der Waals surface area (Å²) in [5.41, 5.74) is 0.213. The minimum atomic E-state index is -3.61. The fourth-order valence-corrected chi connectivity index (χ4v) is 4.88. The second kappa shape index (κ2) is 5.55. The molecular formula is C15H20N2O2S. The van der Waals surface area contributed by atoms with Crippen molar-refractivity contribution >= 4 is 10.0 Å². The van der Waals surface area contributed by atoms with Crippen LogP contribution in [0.15, 0.2) is 29.2 Å². The SMILES string of the molecule is CC1CC(C)C(C)N(S(=O)(=O)c2ccccc2C#N)C1. The van der Waals surface area contributed by atoms with Gasteiger partial charge < -0.3 is 0 Å². The molecule has 1 saturated heterocycles. The molecule has 108 valence electrons. The molecule has 5 heteroatoms. The van der Waals surface area contributed by atoms with Crippen LogP contribution in [0, 0.1) is 23.2 Å². The Hall–Kier alpha value is -1.38. The molecule has 20 heavy (non-hydrogen) atoms. The van der Waals surface area contributed by atoms with Crippen molar-refractivity contribution in [2.75, 3.05) is 6.54 Å². The summed E-state index contributed by atoms with van der Waals surface area (Å²) in [6.45, 7) is 6.62. The first kappa shape index (κ1) is 15.0. The lowest BCUT2D eigenvalue weighted by atomic mass is 9.88. The third kappa shape index (κ3) is 2.58. The van der Waals surface area contributed by atoms with Gasteiger partial charge in [-0.1, -0.05) is 26.0 Å². The van der Waals surface area contributed by atoms with E-state index in [1.165, 1.54) is 6.07 Å². The van der Waals surface area contributed by atoms with Crippen molar-refractivity contribution in [2.45, 2.75) is 38.1 Å². The van der Waals surface area contributed by atoms with Crippen molar-refractivity contribution in [3.05, 3.63) is 29.8 Å². The molecule has 1 aromatic rings. The van der Waals surface area contributed by atoms with E-state index >= 15 is 0 Å². The summed E-state index contributed by atoms with van der Waals surface area (Å²) < 4.78 is 27.2. The summed E-state index contributed by atoms with van der Waals surface area (Å²) in [5.74, 6) is 0.660. The van der Waals surface area contributed by atoms with Crippen molar-refractivity contribution < 1.29 is 8.42 Å². The van der Waals surface area contributed by atoms with Crippen molar-refractivity contribution in [2.24, 2.45) is 11.8 Å². The zero-order valence-corrected chi connectivity index (χ0v) is 12.9. The van der Waals surface area contributed by atoms with Gasteiger partial charge in [0.05, 0.1) is 10.5 Å². The lowest BCUT2D eigenvalue weighted by molar-refractivity contribution is 0.157. The Kier molecular flexibility index (Phi) is 4.17. The van der Waals surface area contributed by atoms with E-state index < -0.39 is 10.0 Å². The third-order valence-electron chi connectivity index (χ3n) is 4.14. The molecule has 0 radical (unpaired) electrons. The Labute approximate surface area is 121 Å². The predicted molar refractivity (Wildman–Crippen MR) is 77.5 cm³/mol. The zero-order chi connectivity index (χ0) is 14.9. The van der Waals surface area contributed by atoms with Crippen LogP contribution in [0.2, 0.25) is 0 Å². The highest BCUT2D eigenvalue weighted by Gasteiger charge is 2.37. The summed E-state index contributed by atoms with van der Waals surface area (Å²) in [5, 5.41) is 9.12. The normalized spacial score (nSPS) is 28.0. The molecule has 0 saturated carbocycles. The maximum absolute atomic E-state index is 12.8. The highest BCUT2D eigenvalue weighted by Crippen LogP contribution is 2.32. The molecule has 0 N–H and O–H groups in total. The van der Waals surface area contributed by atoms with Crippen molar-refractivity contribution in [1.29, 1.82) is 5.26 Å². The molecule has 1 aliphatic heterocycles. The third-order valence-corrected chi connectivity index (χ3v) is 6.15. The van der Waals surface area contributed by atoms with Gasteiger partial charge in [-0.3, -0.25) is 0 Å². The number of sulfonamides is 1. The quantitative estimate of drug-likeness (QED) is 0.841. The van der Waals surface area contributed by atoms with Crippen LogP contribution in [0.3, 0.4) is 0 Å². The topological polar surface area (TPSA) is 61.2 Å². The monoisotopic (exact) mass is 292 g/mol. The molecule has 3 unspecified atom stereocenters. The van der Waals surface area contributed by atoms with Crippen LogP contribution in [0.4, 0.5) is 0 Å². The minimum absolute atomic E-state index is 0.0389. The number of hydrogen-bond acceptors (Lipinski definition) is 3. The molecule has 0 aromatic heterocycles. The Bertz CT molecular complexity index is 634. The van der Waals surface area contributed by atoms with Crippen LogP contribution < -0.4 is 0 Å². The molecule has 0 bridgehead atoms. The van der Waals surface area contributed by atoms with E-state index in [-0.39, 0.29) is 16.5 Å². The van der Waals surface area contributed by atoms with Crippen molar-refractivity contribution in [3.63, 3.8) is 0 Å². The first-order chi connectivity index (χ1) is 9.37. The number of piperidine rings is 1. The molecule has 2 rings (SSSR count). The summed E-state index contributed by atoms with van der Waals surface area (Å²) in [6.07, 6.45) is 1.03. The van der Waals surface area contributed by atoms with Gasteiger partial charge in [-0.15, -0.1) is 0 Å². The van der Waals surface area contributed by atoms with Gasteiger partial charge in [0.15, 0.2) is 0 Å². The molecular weight excluding hydrogens is 272 g/mol.